The molecule has 0 spiro atoms. The molecule has 0 saturated carbocycles. The molecule has 2 heterocycles. The maximum Gasteiger partial charge on any atom is 0.296 e. The van der Waals surface area contributed by atoms with Gasteiger partial charge < -0.3 is 5.11 Å². The van der Waals surface area contributed by atoms with E-state index in [4.69, 9.17) is 0 Å². The summed E-state index contributed by atoms with van der Waals surface area (Å²) in [7, 11) is 1.37. The third-order valence-electron chi connectivity index (χ3n) is 4.64. The molecular formula is C19H15N3O4. The summed E-state index contributed by atoms with van der Waals surface area (Å²) in [5.74, 6) is -1.17. The van der Waals surface area contributed by atoms with E-state index in [1.54, 1.807) is 42.5 Å². The van der Waals surface area contributed by atoms with E-state index in [1.165, 1.54) is 13.1 Å². The topological polar surface area (TPSA) is 92.5 Å². The van der Waals surface area contributed by atoms with E-state index in [2.05, 4.69) is 4.98 Å². The predicted octanol–water partition coefficient (Wildman–Crippen LogP) is 1.50. The number of aromatic hydroxyl groups is 1. The number of phenolic OH excluding ortho intramolecular Hbond substituents is 1. The van der Waals surface area contributed by atoms with E-state index in [1.807, 2.05) is 0 Å². The second kappa shape index (κ2) is 5.80. The largest absolute Gasteiger partial charge is 0.508 e. The van der Waals surface area contributed by atoms with Crippen molar-refractivity contribution in [2.75, 3.05) is 7.05 Å². The second-order valence-electron chi connectivity index (χ2n) is 6.18. The number of hydrogen-bond donors (Lipinski definition) is 1. The van der Waals surface area contributed by atoms with Crippen LogP contribution in [-0.2, 0) is 11.2 Å². The number of benzene rings is 2. The molecule has 1 aromatic heterocycles. The first kappa shape index (κ1) is 16.0. The van der Waals surface area contributed by atoms with Crippen molar-refractivity contribution in [2.45, 2.75) is 12.5 Å². The lowest BCUT2D eigenvalue weighted by Gasteiger charge is -2.31. The number of likely N-dealkylation sites (N-methyl/N-ethyl adjacent to an activating group) is 1. The van der Waals surface area contributed by atoms with Crippen LogP contribution in [-0.4, -0.2) is 38.4 Å². The van der Waals surface area contributed by atoms with Crippen molar-refractivity contribution in [3.8, 4) is 5.75 Å². The Bertz CT molecular complexity index is 1120. The number of hydrogen-bond acceptors (Lipinski definition) is 5. The van der Waals surface area contributed by atoms with Gasteiger partial charge in [0.1, 0.15) is 11.8 Å². The zero-order valence-electron chi connectivity index (χ0n) is 13.9. The number of imide groups is 1. The number of aromatic nitrogens is 2. The van der Waals surface area contributed by atoms with Crippen molar-refractivity contribution in [1.82, 2.24) is 14.5 Å². The molecule has 7 nitrogen and oxygen atoms in total. The zero-order chi connectivity index (χ0) is 18.4. The highest BCUT2D eigenvalue weighted by Crippen LogP contribution is 2.27. The molecule has 0 saturated heterocycles. The SMILES string of the molecule is CN1C(=O)c2nc3ccccc3c(=O)n2[C@@H](Cc2ccccc2O)C1=O. The molecule has 0 fully saturated rings. The van der Waals surface area contributed by atoms with Crippen molar-refractivity contribution in [1.29, 1.82) is 0 Å². The molecule has 4 rings (SSSR count). The van der Waals surface area contributed by atoms with Crippen LogP contribution < -0.4 is 5.56 Å². The Hall–Kier alpha value is -3.48. The first-order chi connectivity index (χ1) is 12.5. The average Bonchev–Trinajstić information content (AvgIpc) is 2.65. The molecule has 0 unspecified atom stereocenters. The Kier molecular flexibility index (Phi) is 3.57. The lowest BCUT2D eigenvalue weighted by atomic mass is 10.0. The zero-order valence-corrected chi connectivity index (χ0v) is 13.9. The number of carbonyl (C=O) groups excluding carboxylic acids is 2. The highest BCUT2D eigenvalue weighted by atomic mass is 16.3. The molecule has 0 bridgehead atoms. The third-order valence-corrected chi connectivity index (χ3v) is 4.64. The summed E-state index contributed by atoms with van der Waals surface area (Å²) < 4.78 is 1.15. The van der Waals surface area contributed by atoms with Crippen LogP contribution in [0.15, 0.2) is 53.3 Å². The van der Waals surface area contributed by atoms with Crippen molar-refractivity contribution in [2.24, 2.45) is 0 Å². The second-order valence-corrected chi connectivity index (χ2v) is 6.18. The summed E-state index contributed by atoms with van der Waals surface area (Å²) in [5.41, 5.74) is 0.474. The Morgan fingerprint density at radius 3 is 2.50 bits per heavy atom. The molecule has 130 valence electrons. The monoisotopic (exact) mass is 349 g/mol. The van der Waals surface area contributed by atoms with Gasteiger partial charge in [-0.15, -0.1) is 0 Å². The molecule has 1 atom stereocenters. The molecule has 2 aromatic carbocycles. The van der Waals surface area contributed by atoms with Crippen LogP contribution >= 0.6 is 0 Å². The van der Waals surface area contributed by atoms with Crippen molar-refractivity contribution in [3.63, 3.8) is 0 Å². The lowest BCUT2D eigenvalue weighted by Crippen LogP contribution is -2.50. The summed E-state index contributed by atoms with van der Waals surface area (Å²) in [6, 6.07) is 12.3. The summed E-state index contributed by atoms with van der Waals surface area (Å²) in [5, 5.41) is 10.4. The number of nitrogens with zero attached hydrogens (tertiary/aromatic N) is 3. The number of phenols is 1. The molecule has 1 aliphatic rings. The minimum atomic E-state index is -0.953. The van der Waals surface area contributed by atoms with Gasteiger partial charge >= 0.3 is 0 Å². The van der Waals surface area contributed by atoms with Crippen LogP contribution in [0.25, 0.3) is 10.9 Å². The Balaban J connectivity index is 1.96. The van der Waals surface area contributed by atoms with E-state index >= 15 is 0 Å². The molecule has 3 aromatic rings. The maximum atomic E-state index is 13.0. The number of para-hydroxylation sites is 2. The standard InChI is InChI=1S/C19H15N3O4/c1-21-18(25)14(10-11-6-2-5-9-15(11)23)22-16(19(21)26)20-13-8-4-3-7-12(13)17(22)24/h2-9,14,23H,10H2,1H3/t14-/m0/s1. The summed E-state index contributed by atoms with van der Waals surface area (Å²) in [6.07, 6.45) is 0.0794. The Morgan fingerprint density at radius 2 is 1.73 bits per heavy atom. The van der Waals surface area contributed by atoms with Crippen LogP contribution in [0.3, 0.4) is 0 Å². The van der Waals surface area contributed by atoms with E-state index in [0.29, 0.717) is 16.5 Å². The van der Waals surface area contributed by atoms with Crippen LogP contribution in [0.2, 0.25) is 0 Å². The van der Waals surface area contributed by atoms with E-state index in [0.717, 1.165) is 9.47 Å². The number of amides is 2. The molecule has 0 radical (unpaired) electrons. The summed E-state index contributed by atoms with van der Waals surface area (Å²) in [4.78, 5) is 43.5. The summed E-state index contributed by atoms with van der Waals surface area (Å²) >= 11 is 0. The predicted molar refractivity (Wildman–Crippen MR) is 94.0 cm³/mol. The summed E-state index contributed by atoms with van der Waals surface area (Å²) in [6.45, 7) is 0. The fourth-order valence-corrected chi connectivity index (χ4v) is 3.24. The molecule has 0 aliphatic carbocycles. The van der Waals surface area contributed by atoms with Crippen molar-refractivity contribution < 1.29 is 14.7 Å². The molecule has 2 amide bonds. The van der Waals surface area contributed by atoms with E-state index in [9.17, 15) is 19.5 Å². The fraction of sp³-hybridized carbons (Fsp3) is 0.158. The first-order valence-electron chi connectivity index (χ1n) is 8.09. The van der Waals surface area contributed by atoms with Gasteiger partial charge in [0.2, 0.25) is 5.82 Å². The van der Waals surface area contributed by atoms with Gasteiger partial charge in [-0.05, 0) is 23.8 Å². The Labute approximate surface area is 148 Å². The van der Waals surface area contributed by atoms with Crippen LogP contribution in [0, 0.1) is 0 Å². The minimum Gasteiger partial charge on any atom is -0.508 e. The molecule has 1 aliphatic heterocycles. The van der Waals surface area contributed by atoms with Gasteiger partial charge in [0.05, 0.1) is 10.9 Å². The van der Waals surface area contributed by atoms with Gasteiger partial charge in [-0.3, -0.25) is 23.9 Å². The molecule has 26 heavy (non-hydrogen) atoms. The van der Waals surface area contributed by atoms with Crippen molar-refractivity contribution >= 4 is 22.7 Å². The third kappa shape index (κ3) is 2.28. The quantitative estimate of drug-likeness (QED) is 0.708. The molecule has 7 heteroatoms. The van der Waals surface area contributed by atoms with Gasteiger partial charge in [-0.2, -0.15) is 0 Å². The van der Waals surface area contributed by atoms with E-state index < -0.39 is 23.4 Å². The van der Waals surface area contributed by atoms with Gasteiger partial charge in [-0.1, -0.05) is 30.3 Å². The number of fused-ring (bicyclic) bond motifs is 2. The van der Waals surface area contributed by atoms with Crippen molar-refractivity contribution in [3.05, 3.63) is 70.3 Å². The maximum absolute atomic E-state index is 13.0. The van der Waals surface area contributed by atoms with Crippen LogP contribution in [0.4, 0.5) is 0 Å². The first-order valence-corrected chi connectivity index (χ1v) is 8.09. The average molecular weight is 349 g/mol. The lowest BCUT2D eigenvalue weighted by molar-refractivity contribution is -0.132. The van der Waals surface area contributed by atoms with Crippen LogP contribution in [0.1, 0.15) is 22.2 Å². The van der Waals surface area contributed by atoms with Gasteiger partial charge in [0.25, 0.3) is 17.4 Å². The smallest absolute Gasteiger partial charge is 0.296 e. The number of rotatable bonds is 2. The normalized spacial score (nSPS) is 16.8. The molecule has 1 N–H and O–H groups in total. The molecular weight excluding hydrogens is 334 g/mol. The highest BCUT2D eigenvalue weighted by Gasteiger charge is 2.39. The Morgan fingerprint density at radius 1 is 1.04 bits per heavy atom. The van der Waals surface area contributed by atoms with Gasteiger partial charge in [-0.25, -0.2) is 4.98 Å². The van der Waals surface area contributed by atoms with Gasteiger partial charge in [0, 0.05) is 13.5 Å². The highest BCUT2D eigenvalue weighted by molar-refractivity contribution is 6.07. The van der Waals surface area contributed by atoms with Crippen LogP contribution in [0.5, 0.6) is 5.75 Å². The van der Waals surface area contributed by atoms with E-state index in [-0.39, 0.29) is 18.0 Å². The number of carbonyl (C=O) groups is 2. The minimum absolute atomic E-state index is 0.0307. The van der Waals surface area contributed by atoms with Gasteiger partial charge in [0.15, 0.2) is 0 Å². The fourth-order valence-electron chi connectivity index (χ4n) is 3.24.